The Labute approximate surface area is 126 Å². The van der Waals surface area contributed by atoms with Crippen molar-refractivity contribution < 1.29 is 13.2 Å². The van der Waals surface area contributed by atoms with Gasteiger partial charge in [-0.15, -0.1) is 0 Å². The van der Waals surface area contributed by atoms with Gasteiger partial charge in [0.25, 0.3) is 0 Å². The minimum absolute atomic E-state index is 0.000808. The SMILES string of the molecule is CCC(CC)N(CCOC)S(=O)(=O)c1cccnc1Cl. The van der Waals surface area contributed by atoms with Gasteiger partial charge in [-0.3, -0.25) is 0 Å². The first-order valence-electron chi connectivity index (χ1n) is 6.60. The van der Waals surface area contributed by atoms with Crippen molar-refractivity contribution in [2.45, 2.75) is 37.6 Å². The largest absolute Gasteiger partial charge is 0.383 e. The predicted octanol–water partition coefficient (Wildman–Crippen LogP) is 2.56. The number of pyridine rings is 1. The Kier molecular flexibility index (Phi) is 6.88. The van der Waals surface area contributed by atoms with E-state index in [9.17, 15) is 8.42 Å². The van der Waals surface area contributed by atoms with E-state index >= 15 is 0 Å². The smallest absolute Gasteiger partial charge is 0.246 e. The zero-order chi connectivity index (χ0) is 15.2. The molecule has 0 saturated heterocycles. The Bertz CT molecular complexity index is 518. The molecule has 0 aliphatic rings. The van der Waals surface area contributed by atoms with Gasteiger partial charge in [0.2, 0.25) is 10.0 Å². The summed E-state index contributed by atoms with van der Waals surface area (Å²) in [6.45, 7) is 4.58. The van der Waals surface area contributed by atoms with Gasteiger partial charge >= 0.3 is 0 Å². The van der Waals surface area contributed by atoms with Gasteiger partial charge in [-0.1, -0.05) is 25.4 Å². The summed E-state index contributed by atoms with van der Waals surface area (Å²) < 4.78 is 32.0. The first-order chi connectivity index (χ1) is 9.48. The number of ether oxygens (including phenoxy) is 1. The fourth-order valence-electron chi connectivity index (χ4n) is 2.07. The number of nitrogens with zero attached hydrogens (tertiary/aromatic N) is 2. The quantitative estimate of drug-likeness (QED) is 0.691. The molecule has 0 unspecified atom stereocenters. The van der Waals surface area contributed by atoms with Crippen molar-refractivity contribution in [3.05, 3.63) is 23.5 Å². The monoisotopic (exact) mass is 320 g/mol. The molecule has 0 aliphatic carbocycles. The average molecular weight is 321 g/mol. The van der Waals surface area contributed by atoms with E-state index in [2.05, 4.69) is 4.98 Å². The standard InChI is InChI=1S/C13H21ClN2O3S/c1-4-11(5-2)16(9-10-19-3)20(17,18)12-7-6-8-15-13(12)14/h6-8,11H,4-5,9-10H2,1-3H3. The highest BCUT2D eigenvalue weighted by Crippen LogP contribution is 2.25. The van der Waals surface area contributed by atoms with Crippen LogP contribution in [0.1, 0.15) is 26.7 Å². The van der Waals surface area contributed by atoms with Crippen molar-refractivity contribution in [3.63, 3.8) is 0 Å². The first-order valence-corrected chi connectivity index (χ1v) is 8.42. The number of hydrogen-bond donors (Lipinski definition) is 0. The lowest BCUT2D eigenvalue weighted by molar-refractivity contribution is 0.163. The summed E-state index contributed by atoms with van der Waals surface area (Å²) in [5, 5.41) is 0.000808. The third kappa shape index (κ3) is 3.91. The fourth-order valence-corrected chi connectivity index (χ4v) is 4.25. The normalized spacial score (nSPS) is 12.3. The van der Waals surface area contributed by atoms with Crippen LogP contribution in [-0.2, 0) is 14.8 Å². The number of rotatable bonds is 8. The maximum atomic E-state index is 12.8. The van der Waals surface area contributed by atoms with Crippen LogP contribution in [0, 0.1) is 0 Å². The molecule has 1 aromatic rings. The molecule has 1 rings (SSSR count). The predicted molar refractivity (Wildman–Crippen MR) is 79.4 cm³/mol. The summed E-state index contributed by atoms with van der Waals surface area (Å²) in [7, 11) is -2.12. The van der Waals surface area contributed by atoms with Gasteiger partial charge in [-0.25, -0.2) is 13.4 Å². The molecule has 1 aromatic heterocycles. The molecule has 1 heterocycles. The van der Waals surface area contributed by atoms with E-state index in [-0.39, 0.29) is 16.1 Å². The molecule has 0 spiro atoms. The lowest BCUT2D eigenvalue weighted by atomic mass is 10.2. The Balaban J connectivity index is 3.20. The molecule has 0 radical (unpaired) electrons. The molecule has 0 aromatic carbocycles. The third-order valence-corrected chi connectivity index (χ3v) is 5.57. The number of aromatic nitrogens is 1. The first kappa shape index (κ1) is 17.4. The molecule has 0 bridgehead atoms. The van der Waals surface area contributed by atoms with E-state index in [0.29, 0.717) is 13.2 Å². The van der Waals surface area contributed by atoms with Crippen molar-refractivity contribution in [3.8, 4) is 0 Å². The van der Waals surface area contributed by atoms with Crippen LogP contribution in [0.4, 0.5) is 0 Å². The van der Waals surface area contributed by atoms with E-state index < -0.39 is 10.0 Å². The number of methoxy groups -OCH3 is 1. The Morgan fingerprint density at radius 1 is 1.40 bits per heavy atom. The maximum Gasteiger partial charge on any atom is 0.246 e. The Morgan fingerprint density at radius 3 is 2.55 bits per heavy atom. The fraction of sp³-hybridized carbons (Fsp3) is 0.615. The molecule has 5 nitrogen and oxygen atoms in total. The van der Waals surface area contributed by atoms with Crippen LogP contribution in [0.15, 0.2) is 23.2 Å². The lowest BCUT2D eigenvalue weighted by Crippen LogP contribution is -2.41. The summed E-state index contributed by atoms with van der Waals surface area (Å²) in [6, 6.07) is 2.97. The highest BCUT2D eigenvalue weighted by molar-refractivity contribution is 7.89. The minimum Gasteiger partial charge on any atom is -0.383 e. The van der Waals surface area contributed by atoms with Gasteiger partial charge in [-0.2, -0.15) is 4.31 Å². The minimum atomic E-state index is -3.67. The number of sulfonamides is 1. The molecule has 114 valence electrons. The van der Waals surface area contributed by atoms with Crippen molar-refractivity contribution in [1.82, 2.24) is 9.29 Å². The van der Waals surface area contributed by atoms with Gasteiger partial charge in [0.15, 0.2) is 0 Å². The summed E-state index contributed by atoms with van der Waals surface area (Å²) in [4.78, 5) is 3.89. The molecular weight excluding hydrogens is 300 g/mol. The van der Waals surface area contributed by atoms with Gasteiger partial charge in [0, 0.05) is 25.9 Å². The summed E-state index contributed by atoms with van der Waals surface area (Å²) in [6.07, 6.45) is 2.94. The van der Waals surface area contributed by atoms with E-state index in [4.69, 9.17) is 16.3 Å². The van der Waals surface area contributed by atoms with Gasteiger partial charge in [0.05, 0.1) is 6.61 Å². The topological polar surface area (TPSA) is 59.5 Å². The molecule has 0 atom stereocenters. The molecule has 0 amide bonds. The average Bonchev–Trinajstić information content (AvgIpc) is 2.43. The summed E-state index contributed by atoms with van der Waals surface area (Å²) in [5.41, 5.74) is 0. The van der Waals surface area contributed by atoms with Crippen molar-refractivity contribution in [1.29, 1.82) is 0 Å². The third-order valence-electron chi connectivity index (χ3n) is 3.18. The van der Waals surface area contributed by atoms with Gasteiger partial charge < -0.3 is 4.74 Å². The van der Waals surface area contributed by atoms with Crippen molar-refractivity contribution in [2.75, 3.05) is 20.3 Å². The number of hydrogen-bond acceptors (Lipinski definition) is 4. The number of halogens is 1. The van der Waals surface area contributed by atoms with Crippen LogP contribution in [0.5, 0.6) is 0 Å². The van der Waals surface area contributed by atoms with Crippen LogP contribution in [0.25, 0.3) is 0 Å². The Hall–Kier alpha value is -0.690. The van der Waals surface area contributed by atoms with Crippen LogP contribution >= 0.6 is 11.6 Å². The van der Waals surface area contributed by atoms with Crippen LogP contribution in [0.3, 0.4) is 0 Å². The van der Waals surface area contributed by atoms with E-state index in [0.717, 1.165) is 12.8 Å². The van der Waals surface area contributed by atoms with E-state index in [1.54, 1.807) is 13.2 Å². The second kappa shape index (κ2) is 7.93. The van der Waals surface area contributed by atoms with Crippen LogP contribution < -0.4 is 0 Å². The highest BCUT2D eigenvalue weighted by atomic mass is 35.5. The molecule has 0 N–H and O–H groups in total. The zero-order valence-corrected chi connectivity index (χ0v) is 13.6. The maximum absolute atomic E-state index is 12.8. The zero-order valence-electron chi connectivity index (χ0n) is 12.0. The molecule has 0 fully saturated rings. The van der Waals surface area contributed by atoms with Gasteiger partial charge in [-0.05, 0) is 25.0 Å². The molecule has 20 heavy (non-hydrogen) atoms. The molecular formula is C13H21ClN2O3S. The highest BCUT2D eigenvalue weighted by Gasteiger charge is 2.31. The second-order valence-corrected chi connectivity index (χ2v) is 6.59. The molecule has 7 heteroatoms. The second-order valence-electron chi connectivity index (χ2n) is 4.37. The Morgan fingerprint density at radius 2 is 2.05 bits per heavy atom. The molecule has 0 saturated carbocycles. The summed E-state index contributed by atoms with van der Waals surface area (Å²) in [5.74, 6) is 0. The molecule has 0 aliphatic heterocycles. The lowest BCUT2D eigenvalue weighted by Gasteiger charge is -2.29. The van der Waals surface area contributed by atoms with Crippen LogP contribution in [-0.4, -0.2) is 44.0 Å². The van der Waals surface area contributed by atoms with Crippen LogP contribution in [0.2, 0.25) is 5.15 Å². The van der Waals surface area contributed by atoms with E-state index in [1.165, 1.54) is 16.6 Å². The van der Waals surface area contributed by atoms with E-state index in [1.807, 2.05) is 13.8 Å². The van der Waals surface area contributed by atoms with Crippen molar-refractivity contribution in [2.24, 2.45) is 0 Å². The van der Waals surface area contributed by atoms with Crippen molar-refractivity contribution >= 4 is 21.6 Å². The summed E-state index contributed by atoms with van der Waals surface area (Å²) >= 11 is 5.93. The van der Waals surface area contributed by atoms with Gasteiger partial charge in [0.1, 0.15) is 10.0 Å².